The molecular weight excluding hydrogens is 323 g/mol. The van der Waals surface area contributed by atoms with E-state index in [2.05, 4.69) is 0 Å². The molecule has 0 radical (unpaired) electrons. The third kappa shape index (κ3) is 3.75. The van der Waals surface area contributed by atoms with E-state index in [0.717, 1.165) is 35.1 Å². The van der Waals surface area contributed by atoms with Crippen LogP contribution in [0.4, 0.5) is 0 Å². The Morgan fingerprint density at radius 2 is 1.58 bits per heavy atom. The molecule has 1 atom stereocenters. The highest BCUT2D eigenvalue weighted by atomic mass is 31.0. The predicted octanol–water partition coefficient (Wildman–Crippen LogP) is 4.94. The fraction of sp³-hybridized carbons (Fsp3) is 0.579. The molecule has 0 bridgehead atoms. The summed E-state index contributed by atoms with van der Waals surface area (Å²) in [7, 11) is 1.72. The highest BCUT2D eigenvalue weighted by molar-refractivity contribution is 7.00. The summed E-state index contributed by atoms with van der Waals surface area (Å²) in [5, 5.41) is 9.63. The molecule has 0 amide bonds. The molecule has 1 saturated carbocycles. The van der Waals surface area contributed by atoms with Crippen molar-refractivity contribution < 1.29 is 19.3 Å². The summed E-state index contributed by atoms with van der Waals surface area (Å²) in [5.74, 6) is -1.36. The predicted molar refractivity (Wildman–Crippen MR) is 96.3 cm³/mol. The zero-order valence-corrected chi connectivity index (χ0v) is 15.9. The molecule has 0 saturated heterocycles. The van der Waals surface area contributed by atoms with Gasteiger partial charge < -0.3 is 5.11 Å². The Labute approximate surface area is 146 Å². The van der Waals surface area contributed by atoms with Crippen molar-refractivity contribution in [2.24, 2.45) is 11.3 Å². The molecule has 5 heteroatoms. The lowest BCUT2D eigenvalue weighted by Gasteiger charge is -2.34. The van der Waals surface area contributed by atoms with Gasteiger partial charge in [-0.1, -0.05) is 37.5 Å². The highest BCUT2D eigenvalue weighted by Crippen LogP contribution is 2.48. The fourth-order valence-electron chi connectivity index (χ4n) is 4.33. The summed E-state index contributed by atoms with van der Waals surface area (Å²) in [6.45, 7) is 7.81. The Morgan fingerprint density at radius 1 is 1.12 bits per heavy atom. The maximum absolute atomic E-state index is 13.4. The van der Waals surface area contributed by atoms with Crippen molar-refractivity contribution in [1.29, 1.82) is 0 Å². The molecule has 4 nitrogen and oxygen atoms in total. The van der Waals surface area contributed by atoms with Crippen LogP contribution in [0.3, 0.4) is 0 Å². The van der Waals surface area contributed by atoms with Crippen molar-refractivity contribution in [3.8, 4) is 0 Å². The van der Waals surface area contributed by atoms with Gasteiger partial charge in [0.15, 0.2) is 5.78 Å². The van der Waals surface area contributed by atoms with Gasteiger partial charge in [-0.15, -0.1) is 0 Å². The summed E-state index contributed by atoms with van der Waals surface area (Å²) in [6.07, 6.45) is 3.79. The summed E-state index contributed by atoms with van der Waals surface area (Å²) in [6, 6.07) is 4.04. The van der Waals surface area contributed by atoms with Gasteiger partial charge in [0.2, 0.25) is 0 Å². The topological polar surface area (TPSA) is 71.4 Å². The van der Waals surface area contributed by atoms with Crippen LogP contribution < -0.4 is 0 Å². The van der Waals surface area contributed by atoms with Gasteiger partial charge in [0.05, 0.1) is 5.92 Å². The number of hydrogen-bond acceptors (Lipinski definition) is 3. The van der Waals surface area contributed by atoms with Crippen LogP contribution >= 0.6 is 9.12 Å². The number of carboxylic acid groups (broad SMARTS) is 1. The van der Waals surface area contributed by atoms with Gasteiger partial charge in [-0.25, -0.2) is 0 Å². The van der Waals surface area contributed by atoms with E-state index in [1.54, 1.807) is 9.12 Å². The quantitative estimate of drug-likeness (QED) is 0.603. The molecule has 1 aliphatic carbocycles. The monoisotopic (exact) mass is 350 g/mol. The number of carboxylic acids is 1. The lowest BCUT2D eigenvalue weighted by molar-refractivity contribution is -0.145. The number of aliphatic carboxylic acids is 1. The van der Waals surface area contributed by atoms with Crippen molar-refractivity contribution in [2.75, 3.05) is 0 Å². The molecule has 1 fully saturated rings. The second-order valence-electron chi connectivity index (χ2n) is 6.77. The molecule has 1 aliphatic rings. The number of Topliss-reactive ketones (excluding diaryl/α,β-unsaturated/α-hetero) is 1. The third-order valence-corrected chi connectivity index (χ3v) is 5.23. The van der Waals surface area contributed by atoms with Crippen LogP contribution in [0.1, 0.15) is 66.1 Å². The van der Waals surface area contributed by atoms with Gasteiger partial charge in [0.25, 0.3) is 0 Å². The van der Waals surface area contributed by atoms with E-state index in [-0.39, 0.29) is 5.78 Å². The second-order valence-corrected chi connectivity index (χ2v) is 6.77. The van der Waals surface area contributed by atoms with E-state index >= 15 is 0 Å². The van der Waals surface area contributed by atoms with Crippen LogP contribution in [-0.4, -0.2) is 16.9 Å². The van der Waals surface area contributed by atoms with Gasteiger partial charge in [0.1, 0.15) is 9.12 Å². The average Bonchev–Trinajstić information content (AvgIpc) is 2.99. The lowest BCUT2D eigenvalue weighted by Crippen LogP contribution is -2.41. The molecule has 1 aromatic rings. The van der Waals surface area contributed by atoms with E-state index in [0.29, 0.717) is 19.3 Å². The zero-order valence-electron chi connectivity index (χ0n) is 14.9. The van der Waals surface area contributed by atoms with E-state index in [1.807, 2.05) is 39.8 Å². The number of carbonyl (C=O) groups excluding carboxylic acids is 1. The Bertz CT molecular complexity index is 595. The number of rotatable bonds is 5. The fourth-order valence-corrected chi connectivity index (χ4v) is 4.33. The van der Waals surface area contributed by atoms with Crippen LogP contribution in [0.15, 0.2) is 12.1 Å². The maximum Gasteiger partial charge on any atom is 0.307 e. The van der Waals surface area contributed by atoms with E-state index < -0.39 is 17.3 Å². The van der Waals surface area contributed by atoms with Crippen LogP contribution in [0, 0.1) is 32.1 Å². The van der Waals surface area contributed by atoms with Gasteiger partial charge >= 0.3 is 5.97 Å². The SMILES string of the molecule is CCC(C(=O)O)C1(C(=O)c2c(C)cc(C)cc2C)CCCC1.O=P. The first-order valence-corrected chi connectivity index (χ1v) is 8.80. The first-order valence-electron chi connectivity index (χ1n) is 8.39. The summed E-state index contributed by atoms with van der Waals surface area (Å²) < 4.78 is 8.06. The molecule has 1 unspecified atom stereocenters. The first kappa shape index (κ1) is 20.5. The van der Waals surface area contributed by atoms with Gasteiger partial charge in [-0.3, -0.25) is 14.2 Å². The largest absolute Gasteiger partial charge is 0.481 e. The van der Waals surface area contributed by atoms with Crippen LogP contribution in [0.5, 0.6) is 0 Å². The molecule has 132 valence electrons. The number of benzene rings is 1. The maximum atomic E-state index is 13.4. The molecule has 2 rings (SSSR count). The summed E-state index contributed by atoms with van der Waals surface area (Å²) in [4.78, 5) is 25.1. The molecule has 0 spiro atoms. The third-order valence-electron chi connectivity index (χ3n) is 5.23. The van der Waals surface area contributed by atoms with Crippen molar-refractivity contribution in [1.82, 2.24) is 0 Å². The van der Waals surface area contributed by atoms with E-state index in [4.69, 9.17) is 4.57 Å². The van der Waals surface area contributed by atoms with Gasteiger partial charge in [-0.05, 0) is 51.2 Å². The Hall–Kier alpha value is -1.54. The van der Waals surface area contributed by atoms with Crippen molar-refractivity contribution >= 4 is 20.9 Å². The van der Waals surface area contributed by atoms with Gasteiger partial charge in [0, 0.05) is 11.0 Å². The molecule has 0 aromatic heterocycles. The van der Waals surface area contributed by atoms with Gasteiger partial charge in [-0.2, -0.15) is 0 Å². The summed E-state index contributed by atoms with van der Waals surface area (Å²) in [5.41, 5.74) is 3.10. The zero-order chi connectivity index (χ0) is 18.5. The molecule has 0 heterocycles. The number of aryl methyl sites for hydroxylation is 3. The second kappa shape index (κ2) is 8.53. The molecule has 24 heavy (non-hydrogen) atoms. The number of hydrogen-bond donors (Lipinski definition) is 1. The molecule has 0 aliphatic heterocycles. The van der Waals surface area contributed by atoms with Crippen molar-refractivity contribution in [3.05, 3.63) is 34.4 Å². The van der Waals surface area contributed by atoms with E-state index in [1.165, 1.54) is 0 Å². The Kier molecular flexibility index (Phi) is 7.28. The lowest BCUT2D eigenvalue weighted by atomic mass is 9.67. The summed E-state index contributed by atoms with van der Waals surface area (Å²) >= 11 is 0. The molecular formula is C19H27O4P. The normalized spacial score (nSPS) is 16.8. The number of ketones is 1. The Balaban J connectivity index is 0.00000139. The molecule has 1 aromatic carbocycles. The van der Waals surface area contributed by atoms with Crippen LogP contribution in [0.2, 0.25) is 0 Å². The van der Waals surface area contributed by atoms with E-state index in [9.17, 15) is 14.7 Å². The smallest absolute Gasteiger partial charge is 0.307 e. The minimum Gasteiger partial charge on any atom is -0.481 e. The molecule has 1 N–H and O–H groups in total. The average molecular weight is 350 g/mol. The number of carbonyl (C=O) groups is 2. The minimum atomic E-state index is -0.833. The van der Waals surface area contributed by atoms with Crippen molar-refractivity contribution in [2.45, 2.75) is 59.8 Å². The highest BCUT2D eigenvalue weighted by Gasteiger charge is 2.50. The van der Waals surface area contributed by atoms with Crippen LogP contribution in [-0.2, 0) is 9.36 Å². The van der Waals surface area contributed by atoms with Crippen LogP contribution in [0.25, 0.3) is 0 Å². The minimum absolute atomic E-state index is 0.0502. The standard InChI is InChI=1S/C19H26O3.HOP/c1-5-15(18(21)22)19(8-6-7-9-19)17(20)16-13(3)10-12(2)11-14(16)4;1-2/h10-11,15H,5-9H2,1-4H3,(H,21,22);2H. The Morgan fingerprint density at radius 3 is 1.96 bits per heavy atom. The van der Waals surface area contributed by atoms with Crippen molar-refractivity contribution in [3.63, 3.8) is 0 Å². The first-order chi connectivity index (χ1) is 11.3.